The molecule has 0 aliphatic rings. The van der Waals surface area contributed by atoms with E-state index in [0.29, 0.717) is 17.1 Å². The van der Waals surface area contributed by atoms with E-state index in [-0.39, 0.29) is 22.8 Å². The second kappa shape index (κ2) is 4.83. The summed E-state index contributed by atoms with van der Waals surface area (Å²) in [5.74, 6) is 0.00558. The van der Waals surface area contributed by atoms with E-state index >= 15 is 0 Å². The van der Waals surface area contributed by atoms with Crippen LogP contribution in [0.2, 0.25) is 0 Å². The van der Waals surface area contributed by atoms with E-state index in [1.165, 1.54) is 12.1 Å². The molecule has 0 saturated heterocycles. The van der Waals surface area contributed by atoms with E-state index < -0.39 is 0 Å². The zero-order valence-electron chi connectivity index (χ0n) is 10.9. The number of carbonyl (C=O) groups is 1. The summed E-state index contributed by atoms with van der Waals surface area (Å²) in [6.07, 6.45) is 0.572. The summed E-state index contributed by atoms with van der Waals surface area (Å²) in [5.41, 5.74) is 1.69. The molecule has 4 heteroatoms. The molecule has 0 amide bonds. The Balaban J connectivity index is 2.38. The highest BCUT2D eigenvalue weighted by Crippen LogP contribution is 2.38. The maximum absolute atomic E-state index is 11.1. The Hall–Kier alpha value is -3.01. The number of rotatable bonds is 2. The van der Waals surface area contributed by atoms with Crippen molar-refractivity contribution in [3.8, 4) is 28.4 Å². The number of aromatic hydroxyl groups is 3. The van der Waals surface area contributed by atoms with Gasteiger partial charge in [-0.25, -0.2) is 0 Å². The van der Waals surface area contributed by atoms with E-state index in [9.17, 15) is 20.1 Å². The van der Waals surface area contributed by atoms with Crippen molar-refractivity contribution in [3.05, 3.63) is 54.1 Å². The lowest BCUT2D eigenvalue weighted by atomic mass is 9.95. The van der Waals surface area contributed by atoms with Crippen molar-refractivity contribution in [3.63, 3.8) is 0 Å². The Morgan fingerprint density at radius 3 is 2.10 bits per heavy atom. The third kappa shape index (κ3) is 2.17. The maximum atomic E-state index is 11.1. The first kappa shape index (κ1) is 13.0. The molecule has 0 aliphatic heterocycles. The van der Waals surface area contributed by atoms with Gasteiger partial charge in [-0.15, -0.1) is 0 Å². The highest BCUT2D eigenvalue weighted by molar-refractivity contribution is 6.05. The van der Waals surface area contributed by atoms with Gasteiger partial charge in [-0.3, -0.25) is 4.79 Å². The molecular weight excluding hydrogens is 268 g/mol. The zero-order valence-corrected chi connectivity index (χ0v) is 10.9. The first-order chi connectivity index (χ1) is 10.1. The van der Waals surface area contributed by atoms with Gasteiger partial charge in [-0.05, 0) is 52.9 Å². The maximum Gasteiger partial charge on any atom is 0.153 e. The summed E-state index contributed by atoms with van der Waals surface area (Å²) in [5, 5.41) is 30.2. The number of aldehydes is 1. The van der Waals surface area contributed by atoms with Crippen LogP contribution in [0, 0.1) is 0 Å². The molecule has 0 saturated carbocycles. The lowest BCUT2D eigenvalue weighted by molar-refractivity contribution is 0.112. The molecule has 4 nitrogen and oxygen atoms in total. The average molecular weight is 280 g/mol. The van der Waals surface area contributed by atoms with Gasteiger partial charge in [-0.2, -0.15) is 0 Å². The van der Waals surface area contributed by atoms with Gasteiger partial charge in [0.1, 0.15) is 17.2 Å². The van der Waals surface area contributed by atoms with Crippen molar-refractivity contribution < 1.29 is 20.1 Å². The predicted molar refractivity (Wildman–Crippen MR) is 79.8 cm³/mol. The molecule has 0 atom stereocenters. The molecule has 0 fully saturated rings. The lowest BCUT2D eigenvalue weighted by Gasteiger charge is -2.11. The van der Waals surface area contributed by atoms with Gasteiger partial charge < -0.3 is 15.3 Å². The first-order valence-electron chi connectivity index (χ1n) is 6.33. The zero-order chi connectivity index (χ0) is 15.0. The summed E-state index contributed by atoms with van der Waals surface area (Å²) in [4.78, 5) is 11.1. The smallest absolute Gasteiger partial charge is 0.153 e. The molecule has 0 heterocycles. The Morgan fingerprint density at radius 2 is 1.43 bits per heavy atom. The summed E-state index contributed by atoms with van der Waals surface area (Å²) < 4.78 is 0. The van der Waals surface area contributed by atoms with Crippen LogP contribution in [0.15, 0.2) is 48.5 Å². The van der Waals surface area contributed by atoms with E-state index in [1.807, 2.05) is 0 Å². The number of phenols is 3. The number of hydrogen-bond donors (Lipinski definition) is 3. The van der Waals surface area contributed by atoms with Crippen LogP contribution in [0.25, 0.3) is 21.9 Å². The molecule has 0 spiro atoms. The minimum atomic E-state index is -0.154. The third-order valence-electron chi connectivity index (χ3n) is 3.43. The van der Waals surface area contributed by atoms with Crippen molar-refractivity contribution in [1.82, 2.24) is 0 Å². The van der Waals surface area contributed by atoms with Crippen LogP contribution >= 0.6 is 0 Å². The minimum absolute atomic E-state index is 0.0116. The summed E-state index contributed by atoms with van der Waals surface area (Å²) in [6, 6.07) is 12.8. The number of benzene rings is 3. The molecule has 3 N–H and O–H groups in total. The van der Waals surface area contributed by atoms with Crippen LogP contribution in [-0.2, 0) is 0 Å². The van der Waals surface area contributed by atoms with E-state index in [0.717, 1.165) is 11.1 Å². The highest BCUT2D eigenvalue weighted by atomic mass is 16.3. The van der Waals surface area contributed by atoms with Crippen LogP contribution in [-0.4, -0.2) is 21.6 Å². The number of carbonyl (C=O) groups excluding carboxylic acids is 1. The normalized spacial score (nSPS) is 10.7. The van der Waals surface area contributed by atoms with Gasteiger partial charge >= 0.3 is 0 Å². The topological polar surface area (TPSA) is 77.8 Å². The monoisotopic (exact) mass is 280 g/mol. The van der Waals surface area contributed by atoms with Gasteiger partial charge in [0, 0.05) is 5.39 Å². The fraction of sp³-hybridized carbons (Fsp3) is 0. The fourth-order valence-corrected chi connectivity index (χ4v) is 2.39. The minimum Gasteiger partial charge on any atom is -0.508 e. The van der Waals surface area contributed by atoms with Crippen LogP contribution < -0.4 is 0 Å². The van der Waals surface area contributed by atoms with Crippen molar-refractivity contribution in [2.24, 2.45) is 0 Å². The molecule has 3 aromatic carbocycles. The van der Waals surface area contributed by atoms with Crippen molar-refractivity contribution in [2.45, 2.75) is 0 Å². The Kier molecular flexibility index (Phi) is 2.99. The summed E-state index contributed by atoms with van der Waals surface area (Å²) >= 11 is 0. The summed E-state index contributed by atoms with van der Waals surface area (Å²) in [6.45, 7) is 0. The molecule has 0 radical (unpaired) electrons. The largest absolute Gasteiger partial charge is 0.508 e. The van der Waals surface area contributed by atoms with Crippen molar-refractivity contribution >= 4 is 17.1 Å². The third-order valence-corrected chi connectivity index (χ3v) is 3.43. The predicted octanol–water partition coefficient (Wildman–Crippen LogP) is 3.44. The van der Waals surface area contributed by atoms with Gasteiger partial charge in [0.15, 0.2) is 6.29 Å². The number of fused-ring (bicyclic) bond motifs is 1. The second-order valence-corrected chi connectivity index (χ2v) is 4.76. The first-order valence-corrected chi connectivity index (χ1v) is 6.33. The summed E-state index contributed by atoms with van der Waals surface area (Å²) in [7, 11) is 0. The van der Waals surface area contributed by atoms with Gasteiger partial charge in [0.2, 0.25) is 0 Å². The van der Waals surface area contributed by atoms with Crippen molar-refractivity contribution in [2.75, 3.05) is 0 Å². The van der Waals surface area contributed by atoms with E-state index in [2.05, 4.69) is 0 Å². The van der Waals surface area contributed by atoms with Gasteiger partial charge in [0.25, 0.3) is 0 Å². The molecule has 3 aromatic rings. The second-order valence-electron chi connectivity index (χ2n) is 4.76. The van der Waals surface area contributed by atoms with E-state index in [1.54, 1.807) is 36.4 Å². The Morgan fingerprint density at radius 1 is 0.762 bits per heavy atom. The molecule has 0 bridgehead atoms. The number of phenolic OH excluding ortho intramolecular Hbond substituents is 3. The number of hydrogen-bond acceptors (Lipinski definition) is 4. The van der Waals surface area contributed by atoms with Crippen LogP contribution in [0.5, 0.6) is 17.2 Å². The molecule has 3 rings (SSSR count). The van der Waals surface area contributed by atoms with Gasteiger partial charge in [-0.1, -0.05) is 12.1 Å². The molecule has 0 unspecified atom stereocenters. The molecule has 21 heavy (non-hydrogen) atoms. The van der Waals surface area contributed by atoms with Gasteiger partial charge in [0.05, 0.1) is 5.56 Å². The van der Waals surface area contributed by atoms with Crippen molar-refractivity contribution in [1.29, 1.82) is 0 Å². The quantitative estimate of drug-likeness (QED) is 0.628. The standard InChI is InChI=1S/C17H12O4/c18-9-11-7-15(10-1-3-12(19)4-2-10)14-6-5-13(20)8-16(14)17(11)21/h1-9,19-21H. The molecule has 0 aromatic heterocycles. The fourth-order valence-electron chi connectivity index (χ4n) is 2.39. The lowest BCUT2D eigenvalue weighted by Crippen LogP contribution is -1.88. The highest BCUT2D eigenvalue weighted by Gasteiger charge is 2.13. The molecule has 0 aliphatic carbocycles. The molecule has 104 valence electrons. The Labute approximate surface area is 120 Å². The van der Waals surface area contributed by atoms with Crippen LogP contribution in [0.3, 0.4) is 0 Å². The SMILES string of the molecule is O=Cc1cc(-c2ccc(O)cc2)c2ccc(O)cc2c1O. The Bertz CT molecular complexity index is 836. The average Bonchev–Trinajstić information content (AvgIpc) is 2.49. The van der Waals surface area contributed by atoms with E-state index in [4.69, 9.17) is 0 Å². The van der Waals surface area contributed by atoms with Crippen LogP contribution in [0.4, 0.5) is 0 Å². The van der Waals surface area contributed by atoms with Crippen LogP contribution in [0.1, 0.15) is 10.4 Å². The molecular formula is C17H12O4.